The Hall–Kier alpha value is -0.135. The maximum Gasteiger partial charge on any atom is 0.631 e. The van der Waals surface area contributed by atoms with Gasteiger partial charge in [0, 0.05) is 6.61 Å². The van der Waals surface area contributed by atoms with Crippen LogP contribution in [0.2, 0.25) is 0 Å². The third-order valence-corrected chi connectivity index (χ3v) is 2.43. The molecule has 0 heterocycles. The van der Waals surface area contributed by atoms with Gasteiger partial charge >= 0.3 is 7.32 Å². The molecule has 5 nitrogen and oxygen atoms in total. The molecule has 0 aliphatic rings. The fraction of sp³-hybridized carbons (Fsp3) is 1.00. The van der Waals surface area contributed by atoms with E-state index in [4.69, 9.17) is 19.8 Å². The van der Waals surface area contributed by atoms with E-state index in [1.165, 1.54) is 0 Å². The third kappa shape index (κ3) is 10.4. The van der Waals surface area contributed by atoms with Gasteiger partial charge in [0.05, 0.1) is 11.2 Å². The van der Waals surface area contributed by atoms with Crippen LogP contribution in [0.4, 0.5) is 0 Å². The van der Waals surface area contributed by atoms with E-state index in [2.05, 4.69) is 6.92 Å². The van der Waals surface area contributed by atoms with E-state index in [0.717, 1.165) is 19.4 Å². The van der Waals surface area contributed by atoms with Crippen LogP contribution in [0.25, 0.3) is 0 Å². The Morgan fingerprint density at radius 1 is 1.06 bits per heavy atom. The highest BCUT2D eigenvalue weighted by Crippen LogP contribution is 2.24. The van der Waals surface area contributed by atoms with Crippen molar-refractivity contribution in [2.45, 2.75) is 58.7 Å². The molecule has 0 saturated heterocycles. The SMILES string of the molecule is CCCCOC(C)(C)C(C)(C)O.OB(O)O. The van der Waals surface area contributed by atoms with E-state index in [0.29, 0.717) is 0 Å². The van der Waals surface area contributed by atoms with Gasteiger partial charge in [-0.05, 0) is 34.1 Å². The number of ether oxygens (including phenoxy) is 1. The van der Waals surface area contributed by atoms with Crippen LogP contribution in [0.1, 0.15) is 47.5 Å². The van der Waals surface area contributed by atoms with Gasteiger partial charge in [0.25, 0.3) is 0 Å². The molecule has 0 atom stereocenters. The molecule has 0 bridgehead atoms. The summed E-state index contributed by atoms with van der Waals surface area (Å²) in [5.74, 6) is 0. The molecule has 0 aromatic carbocycles. The highest BCUT2D eigenvalue weighted by Gasteiger charge is 2.35. The number of hydrogen-bond acceptors (Lipinski definition) is 5. The molecule has 0 aromatic heterocycles. The second-order valence-corrected chi connectivity index (χ2v) is 4.62. The molecule has 98 valence electrons. The maximum atomic E-state index is 9.72. The smallest absolute Gasteiger partial charge is 0.402 e. The Morgan fingerprint density at radius 2 is 1.44 bits per heavy atom. The minimum Gasteiger partial charge on any atom is -0.402 e. The summed E-state index contributed by atoms with van der Waals surface area (Å²) in [6, 6.07) is 0. The molecule has 0 unspecified atom stereocenters. The molecule has 0 aliphatic carbocycles. The fourth-order valence-electron chi connectivity index (χ4n) is 0.648. The predicted octanol–water partition coefficient (Wildman–Crippen LogP) is 0.301. The highest BCUT2D eigenvalue weighted by atomic mass is 16.5. The van der Waals surface area contributed by atoms with Crippen molar-refractivity contribution in [3.05, 3.63) is 0 Å². The van der Waals surface area contributed by atoms with Crippen LogP contribution >= 0.6 is 0 Å². The first-order valence-electron chi connectivity index (χ1n) is 5.45. The Bertz CT molecular complexity index is 162. The van der Waals surface area contributed by atoms with Crippen molar-refractivity contribution < 1.29 is 24.9 Å². The average molecular weight is 236 g/mol. The van der Waals surface area contributed by atoms with E-state index in [1.807, 2.05) is 13.8 Å². The largest absolute Gasteiger partial charge is 0.631 e. The molecular weight excluding hydrogens is 211 g/mol. The summed E-state index contributed by atoms with van der Waals surface area (Å²) in [5, 5.41) is 31.2. The first kappa shape index (κ1) is 18.2. The van der Waals surface area contributed by atoms with E-state index in [-0.39, 0.29) is 0 Å². The van der Waals surface area contributed by atoms with E-state index in [9.17, 15) is 5.11 Å². The lowest BCUT2D eigenvalue weighted by Gasteiger charge is -2.37. The molecule has 0 aromatic rings. The van der Waals surface area contributed by atoms with Gasteiger partial charge in [-0.3, -0.25) is 0 Å². The Balaban J connectivity index is 0. The quantitative estimate of drug-likeness (QED) is 0.407. The molecule has 0 aliphatic heterocycles. The minimum absolute atomic E-state index is 0.456. The molecule has 0 radical (unpaired) electrons. The predicted molar refractivity (Wildman–Crippen MR) is 63.6 cm³/mol. The van der Waals surface area contributed by atoms with Crippen molar-refractivity contribution in [3.63, 3.8) is 0 Å². The monoisotopic (exact) mass is 236 g/mol. The Labute approximate surface area is 98.2 Å². The third-order valence-electron chi connectivity index (χ3n) is 2.43. The lowest BCUT2D eigenvalue weighted by atomic mass is 9.89. The van der Waals surface area contributed by atoms with Gasteiger partial charge in [-0.1, -0.05) is 13.3 Å². The standard InChI is InChI=1S/C10H22O2.BH3O3/c1-6-7-8-12-10(4,5)9(2,3)11;2-1(3)4/h11H,6-8H2,1-5H3;2-4H. The van der Waals surface area contributed by atoms with Crippen molar-refractivity contribution in [1.29, 1.82) is 0 Å². The van der Waals surface area contributed by atoms with Gasteiger partial charge in [-0.2, -0.15) is 0 Å². The molecule has 0 spiro atoms. The molecule has 0 fully saturated rings. The van der Waals surface area contributed by atoms with Crippen molar-refractivity contribution in [2.24, 2.45) is 0 Å². The average Bonchev–Trinajstić information content (AvgIpc) is 2.01. The summed E-state index contributed by atoms with van der Waals surface area (Å²) >= 11 is 0. The summed E-state index contributed by atoms with van der Waals surface area (Å²) in [4.78, 5) is 0. The second kappa shape index (κ2) is 8.03. The Kier molecular flexibility index (Phi) is 9.15. The van der Waals surface area contributed by atoms with Gasteiger partial charge < -0.3 is 24.9 Å². The second-order valence-electron chi connectivity index (χ2n) is 4.62. The first-order chi connectivity index (χ1) is 7.04. The van der Waals surface area contributed by atoms with Crippen molar-refractivity contribution >= 4 is 7.32 Å². The van der Waals surface area contributed by atoms with E-state index >= 15 is 0 Å². The van der Waals surface area contributed by atoms with Crippen LogP contribution in [0.5, 0.6) is 0 Å². The molecule has 0 amide bonds. The Morgan fingerprint density at radius 3 is 1.69 bits per heavy atom. The fourth-order valence-corrected chi connectivity index (χ4v) is 0.648. The van der Waals surface area contributed by atoms with Crippen LogP contribution < -0.4 is 0 Å². The molecule has 0 rings (SSSR count). The topological polar surface area (TPSA) is 90.2 Å². The number of rotatable bonds is 5. The summed E-state index contributed by atoms with van der Waals surface area (Å²) < 4.78 is 5.58. The van der Waals surface area contributed by atoms with Crippen LogP contribution in [0.15, 0.2) is 0 Å². The van der Waals surface area contributed by atoms with Gasteiger partial charge in [-0.25, -0.2) is 0 Å². The summed E-state index contributed by atoms with van der Waals surface area (Å²) in [7, 11) is -2.17. The zero-order valence-corrected chi connectivity index (χ0v) is 10.9. The van der Waals surface area contributed by atoms with Gasteiger partial charge in [0.1, 0.15) is 0 Å². The van der Waals surface area contributed by atoms with Crippen molar-refractivity contribution in [2.75, 3.05) is 6.61 Å². The van der Waals surface area contributed by atoms with Crippen molar-refractivity contribution in [1.82, 2.24) is 0 Å². The number of hydrogen-bond donors (Lipinski definition) is 4. The van der Waals surface area contributed by atoms with E-state index < -0.39 is 18.5 Å². The summed E-state index contributed by atoms with van der Waals surface area (Å²) in [5.41, 5.74) is -1.23. The lowest BCUT2D eigenvalue weighted by molar-refractivity contribution is -0.147. The summed E-state index contributed by atoms with van der Waals surface area (Å²) in [6.45, 7) is 10.2. The lowest BCUT2D eigenvalue weighted by Crippen LogP contribution is -2.47. The van der Waals surface area contributed by atoms with Gasteiger partial charge in [0.2, 0.25) is 0 Å². The highest BCUT2D eigenvalue weighted by molar-refractivity contribution is 6.30. The number of unbranched alkanes of at least 4 members (excludes halogenated alkanes) is 1. The molecule has 16 heavy (non-hydrogen) atoms. The van der Waals surface area contributed by atoms with Crippen molar-refractivity contribution in [3.8, 4) is 0 Å². The van der Waals surface area contributed by atoms with Gasteiger partial charge in [0.15, 0.2) is 0 Å². The van der Waals surface area contributed by atoms with E-state index in [1.54, 1.807) is 13.8 Å². The zero-order chi connectivity index (χ0) is 13.4. The summed E-state index contributed by atoms with van der Waals surface area (Å²) in [6.07, 6.45) is 2.18. The minimum atomic E-state index is -2.17. The number of aliphatic hydroxyl groups is 1. The van der Waals surface area contributed by atoms with Crippen LogP contribution in [0, 0.1) is 0 Å². The van der Waals surface area contributed by atoms with Crippen LogP contribution in [0.3, 0.4) is 0 Å². The molecule has 4 N–H and O–H groups in total. The van der Waals surface area contributed by atoms with Gasteiger partial charge in [-0.15, -0.1) is 0 Å². The van der Waals surface area contributed by atoms with Crippen LogP contribution in [-0.4, -0.2) is 45.3 Å². The molecule has 6 heteroatoms. The van der Waals surface area contributed by atoms with Crippen LogP contribution in [-0.2, 0) is 4.74 Å². The molecule has 0 saturated carbocycles. The normalized spacial score (nSPS) is 11.8. The molecular formula is C10H25BO5. The maximum absolute atomic E-state index is 9.72. The first-order valence-corrected chi connectivity index (χ1v) is 5.45. The zero-order valence-electron chi connectivity index (χ0n) is 10.9.